The van der Waals surface area contributed by atoms with E-state index < -0.39 is 5.60 Å². The fraction of sp³-hybridized carbons (Fsp3) is 0.583. The van der Waals surface area contributed by atoms with E-state index in [1.807, 2.05) is 13.1 Å². The number of aromatic nitrogens is 1. The van der Waals surface area contributed by atoms with E-state index in [2.05, 4.69) is 28.9 Å². The number of hydrogen-bond acceptors (Lipinski definition) is 3. The SMILES string of the molecule is CCc1ccc(N2CCC(C)(O)C2)cn1. The molecule has 0 aromatic carbocycles. The van der Waals surface area contributed by atoms with Gasteiger partial charge < -0.3 is 10.0 Å². The van der Waals surface area contributed by atoms with Gasteiger partial charge in [-0.05, 0) is 31.9 Å². The Balaban J connectivity index is 2.11. The monoisotopic (exact) mass is 206 g/mol. The minimum atomic E-state index is -0.538. The summed E-state index contributed by atoms with van der Waals surface area (Å²) in [5.74, 6) is 0. The van der Waals surface area contributed by atoms with Gasteiger partial charge in [-0.2, -0.15) is 0 Å². The Morgan fingerprint density at radius 2 is 2.33 bits per heavy atom. The molecule has 2 heterocycles. The molecule has 3 heteroatoms. The molecule has 1 fully saturated rings. The third-order valence-electron chi connectivity index (χ3n) is 2.99. The second-order valence-corrected chi connectivity index (χ2v) is 4.53. The number of aliphatic hydroxyl groups is 1. The van der Waals surface area contributed by atoms with Crippen molar-refractivity contribution in [3.63, 3.8) is 0 Å². The minimum Gasteiger partial charge on any atom is -0.388 e. The molecular formula is C12H18N2O. The maximum atomic E-state index is 9.86. The van der Waals surface area contributed by atoms with Crippen molar-refractivity contribution in [1.82, 2.24) is 4.98 Å². The molecule has 1 aromatic rings. The third kappa shape index (κ3) is 2.29. The van der Waals surface area contributed by atoms with Crippen LogP contribution in [0.15, 0.2) is 18.3 Å². The number of aryl methyl sites for hydroxylation is 1. The van der Waals surface area contributed by atoms with Crippen molar-refractivity contribution in [1.29, 1.82) is 0 Å². The molecule has 1 N–H and O–H groups in total. The number of hydrogen-bond donors (Lipinski definition) is 1. The Kier molecular flexibility index (Phi) is 2.65. The quantitative estimate of drug-likeness (QED) is 0.798. The van der Waals surface area contributed by atoms with Gasteiger partial charge in [-0.15, -0.1) is 0 Å². The summed E-state index contributed by atoms with van der Waals surface area (Å²) in [4.78, 5) is 6.55. The molecule has 2 rings (SSSR count). The van der Waals surface area contributed by atoms with Crippen LogP contribution in [-0.2, 0) is 6.42 Å². The molecule has 1 aliphatic heterocycles. The van der Waals surface area contributed by atoms with E-state index in [0.717, 1.165) is 30.8 Å². The molecule has 1 aliphatic rings. The van der Waals surface area contributed by atoms with Crippen LogP contribution in [0.1, 0.15) is 26.0 Å². The van der Waals surface area contributed by atoms with E-state index in [9.17, 15) is 5.11 Å². The van der Waals surface area contributed by atoms with Gasteiger partial charge in [0.15, 0.2) is 0 Å². The molecule has 82 valence electrons. The van der Waals surface area contributed by atoms with Crippen LogP contribution < -0.4 is 4.90 Å². The first-order valence-electron chi connectivity index (χ1n) is 5.53. The lowest BCUT2D eigenvalue weighted by Gasteiger charge is -2.20. The number of rotatable bonds is 2. The average molecular weight is 206 g/mol. The van der Waals surface area contributed by atoms with Gasteiger partial charge in [0.25, 0.3) is 0 Å². The molecule has 0 saturated carbocycles. The van der Waals surface area contributed by atoms with Gasteiger partial charge in [-0.25, -0.2) is 0 Å². The van der Waals surface area contributed by atoms with Crippen molar-refractivity contribution in [2.45, 2.75) is 32.3 Å². The van der Waals surface area contributed by atoms with Gasteiger partial charge in [0.2, 0.25) is 0 Å². The summed E-state index contributed by atoms with van der Waals surface area (Å²) in [6.45, 7) is 5.61. The molecule has 1 saturated heterocycles. The zero-order valence-electron chi connectivity index (χ0n) is 9.40. The summed E-state index contributed by atoms with van der Waals surface area (Å²) in [5.41, 5.74) is 1.69. The maximum Gasteiger partial charge on any atom is 0.0810 e. The largest absolute Gasteiger partial charge is 0.388 e. The standard InChI is InChI=1S/C12H18N2O/c1-3-10-4-5-11(8-13-10)14-7-6-12(2,15)9-14/h4-5,8,15H,3,6-7,9H2,1-2H3. The second-order valence-electron chi connectivity index (χ2n) is 4.53. The van der Waals surface area contributed by atoms with E-state index in [-0.39, 0.29) is 0 Å². The van der Waals surface area contributed by atoms with E-state index in [0.29, 0.717) is 6.54 Å². The van der Waals surface area contributed by atoms with Crippen LogP contribution in [0.3, 0.4) is 0 Å². The molecule has 0 spiro atoms. The molecule has 15 heavy (non-hydrogen) atoms. The normalized spacial score (nSPS) is 25.9. The lowest BCUT2D eigenvalue weighted by Crippen LogP contribution is -2.29. The van der Waals surface area contributed by atoms with Crippen molar-refractivity contribution in [3.05, 3.63) is 24.0 Å². The predicted molar refractivity (Wildman–Crippen MR) is 61.1 cm³/mol. The number of pyridine rings is 1. The first-order valence-corrected chi connectivity index (χ1v) is 5.53. The van der Waals surface area contributed by atoms with Crippen molar-refractivity contribution in [2.24, 2.45) is 0 Å². The van der Waals surface area contributed by atoms with E-state index >= 15 is 0 Å². The Morgan fingerprint density at radius 1 is 1.53 bits per heavy atom. The summed E-state index contributed by atoms with van der Waals surface area (Å²) < 4.78 is 0. The summed E-state index contributed by atoms with van der Waals surface area (Å²) in [6.07, 6.45) is 3.71. The van der Waals surface area contributed by atoms with Gasteiger partial charge in [-0.1, -0.05) is 6.92 Å². The molecule has 3 nitrogen and oxygen atoms in total. The second kappa shape index (κ2) is 3.81. The maximum absolute atomic E-state index is 9.86. The summed E-state index contributed by atoms with van der Waals surface area (Å²) >= 11 is 0. The molecule has 0 bridgehead atoms. The molecule has 1 aromatic heterocycles. The highest BCUT2D eigenvalue weighted by atomic mass is 16.3. The fourth-order valence-corrected chi connectivity index (χ4v) is 1.98. The highest BCUT2D eigenvalue weighted by molar-refractivity contribution is 5.46. The highest BCUT2D eigenvalue weighted by Crippen LogP contribution is 2.25. The number of anilines is 1. The van der Waals surface area contributed by atoms with Gasteiger partial charge in [0, 0.05) is 18.8 Å². The predicted octanol–water partition coefficient (Wildman–Crippen LogP) is 1.61. The molecule has 0 amide bonds. The Bertz CT molecular complexity index is 332. The van der Waals surface area contributed by atoms with Crippen LogP contribution >= 0.6 is 0 Å². The fourth-order valence-electron chi connectivity index (χ4n) is 1.98. The third-order valence-corrected chi connectivity index (χ3v) is 2.99. The van der Waals surface area contributed by atoms with Crippen LogP contribution in [0, 0.1) is 0 Å². The van der Waals surface area contributed by atoms with E-state index in [1.54, 1.807) is 0 Å². The van der Waals surface area contributed by atoms with Crippen molar-refractivity contribution < 1.29 is 5.11 Å². The van der Waals surface area contributed by atoms with Crippen molar-refractivity contribution in [2.75, 3.05) is 18.0 Å². The highest BCUT2D eigenvalue weighted by Gasteiger charge is 2.31. The van der Waals surface area contributed by atoms with Crippen LogP contribution in [0.4, 0.5) is 5.69 Å². The first-order chi connectivity index (χ1) is 7.11. The minimum absolute atomic E-state index is 0.538. The number of β-amino-alcohol motifs (C(OH)–C–C–N with tert-alkyl or cyclic N) is 1. The summed E-state index contributed by atoms with van der Waals surface area (Å²) in [7, 11) is 0. The Labute approximate surface area is 90.8 Å². The first kappa shape index (κ1) is 10.4. The van der Waals surface area contributed by atoms with Crippen LogP contribution in [0.5, 0.6) is 0 Å². The van der Waals surface area contributed by atoms with Gasteiger partial charge in [0.1, 0.15) is 0 Å². The van der Waals surface area contributed by atoms with Gasteiger partial charge in [0.05, 0.1) is 17.5 Å². The molecule has 0 radical (unpaired) electrons. The lowest BCUT2D eigenvalue weighted by atomic mass is 10.1. The van der Waals surface area contributed by atoms with Crippen molar-refractivity contribution in [3.8, 4) is 0 Å². The summed E-state index contributed by atoms with van der Waals surface area (Å²) in [6, 6.07) is 4.15. The smallest absolute Gasteiger partial charge is 0.0810 e. The Hall–Kier alpha value is -1.09. The van der Waals surface area contributed by atoms with E-state index in [1.165, 1.54) is 0 Å². The zero-order valence-corrected chi connectivity index (χ0v) is 9.40. The Morgan fingerprint density at radius 3 is 2.80 bits per heavy atom. The summed E-state index contributed by atoms with van der Waals surface area (Å²) in [5, 5.41) is 9.86. The molecule has 1 atom stereocenters. The van der Waals surface area contributed by atoms with Gasteiger partial charge in [-0.3, -0.25) is 4.98 Å². The van der Waals surface area contributed by atoms with Crippen molar-refractivity contribution >= 4 is 5.69 Å². The molecular weight excluding hydrogens is 188 g/mol. The lowest BCUT2D eigenvalue weighted by molar-refractivity contribution is 0.0839. The van der Waals surface area contributed by atoms with Crippen LogP contribution in [0.2, 0.25) is 0 Å². The van der Waals surface area contributed by atoms with E-state index in [4.69, 9.17) is 0 Å². The number of nitrogens with zero attached hydrogens (tertiary/aromatic N) is 2. The zero-order chi connectivity index (χ0) is 10.9. The molecule has 1 unspecified atom stereocenters. The topological polar surface area (TPSA) is 36.4 Å². The van der Waals surface area contributed by atoms with Crippen LogP contribution in [0.25, 0.3) is 0 Å². The average Bonchev–Trinajstić information content (AvgIpc) is 2.59. The van der Waals surface area contributed by atoms with Gasteiger partial charge >= 0.3 is 0 Å². The molecule has 0 aliphatic carbocycles. The van der Waals surface area contributed by atoms with Crippen LogP contribution in [-0.4, -0.2) is 28.8 Å².